The molecule has 0 aromatic heterocycles. The number of carbonyl (C=O) groups is 2. The normalized spacial score (nSPS) is 16.3. The maximum atomic E-state index is 12.6. The van der Waals surface area contributed by atoms with Crippen molar-refractivity contribution in [2.24, 2.45) is 0 Å². The molecule has 0 radical (unpaired) electrons. The lowest BCUT2D eigenvalue weighted by Gasteiger charge is -2.34. The number of fused-ring (bicyclic) bond motifs is 1. The summed E-state index contributed by atoms with van der Waals surface area (Å²) in [5.41, 5.74) is 6.19. The van der Waals surface area contributed by atoms with Crippen LogP contribution in [0.15, 0.2) is 53.8 Å². The second kappa shape index (κ2) is 10.2. The fourth-order valence-electron chi connectivity index (χ4n) is 4.01. The van der Waals surface area contributed by atoms with E-state index in [2.05, 4.69) is 10.3 Å². The summed E-state index contributed by atoms with van der Waals surface area (Å²) in [5, 5.41) is 1.98. The monoisotopic (exact) mass is 449 g/mol. The number of Topliss-reactive ketones (excluding diaryl/α,β-unsaturated/α-hetero) is 1. The van der Waals surface area contributed by atoms with Crippen molar-refractivity contribution in [3.05, 3.63) is 70.5 Å². The zero-order valence-electron chi connectivity index (χ0n) is 19.5. The number of hydrazine groups is 1. The minimum atomic E-state index is -0.107. The molecule has 0 aliphatic carbocycles. The van der Waals surface area contributed by atoms with Gasteiger partial charge in [0.25, 0.3) is 5.91 Å². The first-order valence-electron chi connectivity index (χ1n) is 11.4. The van der Waals surface area contributed by atoms with Gasteiger partial charge in [-0.15, -0.1) is 0 Å². The average molecular weight is 450 g/mol. The van der Waals surface area contributed by atoms with Crippen LogP contribution in [-0.2, 0) is 0 Å². The molecule has 2 aromatic carbocycles. The quantitative estimate of drug-likeness (QED) is 0.515. The van der Waals surface area contributed by atoms with Crippen LogP contribution in [0.3, 0.4) is 0 Å². The fraction of sp³-hybridized carbons (Fsp3) is 0.385. The second-order valence-corrected chi connectivity index (χ2v) is 8.73. The van der Waals surface area contributed by atoms with Gasteiger partial charge in [0.15, 0.2) is 5.76 Å². The lowest BCUT2D eigenvalue weighted by atomic mass is 10.1. The number of nitrogens with zero attached hydrogens (tertiary/aromatic N) is 2. The number of ether oxygens (including phenoxy) is 2. The predicted molar refractivity (Wildman–Crippen MR) is 127 cm³/mol. The topological polar surface area (TPSA) is 71.1 Å². The van der Waals surface area contributed by atoms with Gasteiger partial charge >= 0.3 is 0 Å². The Bertz CT molecular complexity index is 1050. The Labute approximate surface area is 194 Å². The molecule has 7 nitrogen and oxygen atoms in total. The molecule has 2 heterocycles. The van der Waals surface area contributed by atoms with Crippen molar-refractivity contribution in [2.45, 2.75) is 27.2 Å². The van der Waals surface area contributed by atoms with Crippen molar-refractivity contribution in [1.29, 1.82) is 0 Å². The van der Waals surface area contributed by atoms with E-state index in [0.717, 1.165) is 50.3 Å². The summed E-state index contributed by atoms with van der Waals surface area (Å²) in [6.45, 7) is 10.5. The molecule has 0 saturated carbocycles. The van der Waals surface area contributed by atoms with Gasteiger partial charge in [-0.3, -0.25) is 15.0 Å². The lowest BCUT2D eigenvalue weighted by Crippen LogP contribution is -2.53. The molecule has 1 amide bonds. The molecule has 1 saturated heterocycles. The largest absolute Gasteiger partial charge is 0.493 e. The first kappa shape index (κ1) is 23.0. The van der Waals surface area contributed by atoms with E-state index in [-0.39, 0.29) is 11.7 Å². The number of hydrogen-bond acceptors (Lipinski definition) is 6. The minimum Gasteiger partial charge on any atom is -0.493 e. The Morgan fingerprint density at radius 2 is 1.79 bits per heavy atom. The van der Waals surface area contributed by atoms with Crippen molar-refractivity contribution in [3.8, 4) is 11.5 Å². The highest BCUT2D eigenvalue weighted by molar-refractivity contribution is 6.14. The van der Waals surface area contributed by atoms with E-state index in [1.807, 2.05) is 62.2 Å². The Kier molecular flexibility index (Phi) is 7.11. The number of nitrogens with one attached hydrogen (secondary N) is 1. The number of hydrogen-bond donors (Lipinski definition) is 1. The summed E-state index contributed by atoms with van der Waals surface area (Å²) in [6.07, 6.45) is 0.851. The Balaban J connectivity index is 1.20. The van der Waals surface area contributed by atoms with Crippen LogP contribution >= 0.6 is 0 Å². The summed E-state index contributed by atoms with van der Waals surface area (Å²) < 4.78 is 11.7. The number of rotatable bonds is 7. The number of amides is 1. The third kappa shape index (κ3) is 5.43. The molecule has 0 bridgehead atoms. The Morgan fingerprint density at radius 1 is 1.06 bits per heavy atom. The lowest BCUT2D eigenvalue weighted by molar-refractivity contribution is 0.0610. The zero-order valence-corrected chi connectivity index (χ0v) is 19.5. The van der Waals surface area contributed by atoms with E-state index in [9.17, 15) is 9.59 Å². The van der Waals surface area contributed by atoms with Gasteiger partial charge in [-0.05, 0) is 57.0 Å². The molecule has 4 rings (SSSR count). The summed E-state index contributed by atoms with van der Waals surface area (Å²) in [5.74, 6) is 1.37. The van der Waals surface area contributed by atoms with Crippen molar-refractivity contribution < 1.29 is 19.1 Å². The number of carbonyl (C=O) groups excluding carboxylic acids is 2. The number of aryl methyl sites for hydroxylation is 1. The molecule has 0 spiro atoms. The molecule has 0 unspecified atom stereocenters. The maximum Gasteiger partial charge on any atom is 0.265 e. The van der Waals surface area contributed by atoms with Crippen molar-refractivity contribution in [1.82, 2.24) is 15.3 Å². The van der Waals surface area contributed by atoms with E-state index < -0.39 is 0 Å². The molecule has 0 atom stereocenters. The predicted octanol–water partition coefficient (Wildman–Crippen LogP) is 3.60. The molecular weight excluding hydrogens is 418 g/mol. The SMILES string of the molecule is CC(C)=C1Oc2cccc(OCCCN3CCN(NC(=O)c4ccc(C)cc4)CC3)c2C1=O. The van der Waals surface area contributed by atoms with Gasteiger partial charge in [0, 0.05) is 38.3 Å². The van der Waals surface area contributed by atoms with Gasteiger partial charge in [0.1, 0.15) is 17.1 Å². The van der Waals surface area contributed by atoms with E-state index in [1.54, 1.807) is 6.07 Å². The number of benzene rings is 2. The summed E-state index contributed by atoms with van der Waals surface area (Å²) in [7, 11) is 0. The average Bonchev–Trinajstić information content (AvgIpc) is 3.16. The van der Waals surface area contributed by atoms with Gasteiger partial charge in [-0.2, -0.15) is 0 Å². The molecule has 1 fully saturated rings. The van der Waals surface area contributed by atoms with E-state index in [4.69, 9.17) is 9.47 Å². The Morgan fingerprint density at radius 3 is 2.48 bits per heavy atom. The second-order valence-electron chi connectivity index (χ2n) is 8.73. The van der Waals surface area contributed by atoms with Crippen LogP contribution in [0.1, 0.15) is 46.5 Å². The van der Waals surface area contributed by atoms with Crippen LogP contribution in [0.2, 0.25) is 0 Å². The molecule has 174 valence electrons. The molecule has 2 aliphatic rings. The molecule has 33 heavy (non-hydrogen) atoms. The molecule has 2 aromatic rings. The van der Waals surface area contributed by atoms with Gasteiger partial charge < -0.3 is 14.4 Å². The third-order valence-electron chi connectivity index (χ3n) is 5.91. The van der Waals surface area contributed by atoms with Crippen molar-refractivity contribution >= 4 is 11.7 Å². The van der Waals surface area contributed by atoms with Gasteiger partial charge in [-0.25, -0.2) is 5.01 Å². The Hall–Kier alpha value is -3.16. The van der Waals surface area contributed by atoms with Gasteiger partial charge in [0.05, 0.1) is 6.61 Å². The van der Waals surface area contributed by atoms with Crippen molar-refractivity contribution in [2.75, 3.05) is 39.3 Å². The summed E-state index contributed by atoms with van der Waals surface area (Å²) in [4.78, 5) is 27.4. The molecule has 1 N–H and O–H groups in total. The highest BCUT2D eigenvalue weighted by Crippen LogP contribution is 2.38. The number of allylic oxidation sites excluding steroid dienone is 2. The summed E-state index contributed by atoms with van der Waals surface area (Å²) in [6, 6.07) is 13.1. The maximum absolute atomic E-state index is 12.6. The van der Waals surface area contributed by atoms with E-state index in [1.165, 1.54) is 0 Å². The molecular formula is C26H31N3O4. The number of piperazine rings is 1. The first-order valence-corrected chi connectivity index (χ1v) is 11.4. The first-order chi connectivity index (χ1) is 15.9. The minimum absolute atomic E-state index is 0.0676. The number of ketones is 1. The van der Waals surface area contributed by atoms with E-state index >= 15 is 0 Å². The molecule has 2 aliphatic heterocycles. The van der Waals surface area contributed by atoms with Crippen LogP contribution in [0, 0.1) is 6.92 Å². The van der Waals surface area contributed by atoms with Crippen LogP contribution in [0.25, 0.3) is 0 Å². The van der Waals surface area contributed by atoms with Crippen LogP contribution in [0.5, 0.6) is 11.5 Å². The smallest absolute Gasteiger partial charge is 0.265 e. The standard InChI is InChI=1S/C26H31N3O4/c1-18(2)25-24(30)23-21(6-4-7-22(23)33-25)32-17-5-12-28-13-15-29(16-14-28)27-26(31)20-10-8-19(3)9-11-20/h4,6-11H,5,12-17H2,1-3H3,(H,27,31). The third-order valence-corrected chi connectivity index (χ3v) is 5.91. The van der Waals surface area contributed by atoms with E-state index in [0.29, 0.717) is 35.0 Å². The fourth-order valence-corrected chi connectivity index (χ4v) is 4.01. The van der Waals surface area contributed by atoms with Crippen LogP contribution in [-0.4, -0.2) is 60.9 Å². The molecule has 7 heteroatoms. The highest BCUT2D eigenvalue weighted by Gasteiger charge is 2.31. The highest BCUT2D eigenvalue weighted by atomic mass is 16.5. The van der Waals surface area contributed by atoms with Crippen LogP contribution < -0.4 is 14.9 Å². The summed E-state index contributed by atoms with van der Waals surface area (Å²) >= 11 is 0. The van der Waals surface area contributed by atoms with Crippen molar-refractivity contribution in [3.63, 3.8) is 0 Å². The van der Waals surface area contributed by atoms with Crippen LogP contribution in [0.4, 0.5) is 0 Å². The van der Waals surface area contributed by atoms with Gasteiger partial charge in [-0.1, -0.05) is 23.8 Å². The van der Waals surface area contributed by atoms with Gasteiger partial charge in [0.2, 0.25) is 5.78 Å². The zero-order chi connectivity index (χ0) is 23.4.